The Labute approximate surface area is 87.1 Å². The van der Waals surface area contributed by atoms with Crippen molar-refractivity contribution in [3.63, 3.8) is 0 Å². The van der Waals surface area contributed by atoms with E-state index in [0.29, 0.717) is 0 Å². The molecular formula is C9H14O6. The molecule has 0 fully saturated rings. The number of carbonyl (C=O) groups excluding carboxylic acids is 2. The van der Waals surface area contributed by atoms with Gasteiger partial charge in [-0.3, -0.25) is 4.79 Å². The predicted octanol–water partition coefficient (Wildman–Crippen LogP) is -0.996. The lowest BCUT2D eigenvalue weighted by atomic mass is 10.2. The Morgan fingerprint density at radius 2 is 1.60 bits per heavy atom. The third kappa shape index (κ3) is 6.64. The minimum absolute atomic E-state index is 0.0496. The van der Waals surface area contributed by atoms with Crippen LogP contribution in [0.15, 0.2) is 12.2 Å². The van der Waals surface area contributed by atoms with Crippen LogP contribution in [-0.2, 0) is 19.1 Å². The molecule has 0 saturated heterocycles. The zero-order chi connectivity index (χ0) is 11.7. The highest BCUT2D eigenvalue weighted by Gasteiger charge is 2.13. The largest absolute Gasteiger partial charge is 0.463 e. The molecule has 0 aromatic carbocycles. The second-order valence-electron chi connectivity index (χ2n) is 2.58. The van der Waals surface area contributed by atoms with Crippen molar-refractivity contribution >= 4 is 11.9 Å². The highest BCUT2D eigenvalue weighted by atomic mass is 16.5. The molecule has 0 atom stereocenters. The van der Waals surface area contributed by atoms with E-state index in [4.69, 9.17) is 10.2 Å². The van der Waals surface area contributed by atoms with E-state index in [2.05, 4.69) is 16.1 Å². The van der Waals surface area contributed by atoms with Crippen LogP contribution in [0.2, 0.25) is 0 Å². The highest BCUT2D eigenvalue weighted by molar-refractivity contribution is 5.93. The van der Waals surface area contributed by atoms with E-state index in [1.54, 1.807) is 0 Å². The van der Waals surface area contributed by atoms with Crippen LogP contribution in [0, 0.1) is 0 Å². The van der Waals surface area contributed by atoms with E-state index in [0.717, 1.165) is 0 Å². The first kappa shape index (κ1) is 13.6. The first-order valence-corrected chi connectivity index (χ1v) is 4.34. The smallest absolute Gasteiger partial charge is 0.334 e. The summed E-state index contributed by atoms with van der Waals surface area (Å²) in [5, 5.41) is 16.7. The molecule has 2 N–H and O–H groups in total. The van der Waals surface area contributed by atoms with Gasteiger partial charge in [-0.1, -0.05) is 6.58 Å². The molecule has 0 aliphatic carbocycles. The molecule has 0 radical (unpaired) electrons. The molecular weight excluding hydrogens is 204 g/mol. The Kier molecular flexibility index (Phi) is 7.21. The summed E-state index contributed by atoms with van der Waals surface area (Å²) in [4.78, 5) is 22.0. The molecule has 0 amide bonds. The zero-order valence-electron chi connectivity index (χ0n) is 8.27. The molecule has 0 bridgehead atoms. The van der Waals surface area contributed by atoms with Crippen molar-refractivity contribution in [1.29, 1.82) is 0 Å². The lowest BCUT2D eigenvalue weighted by Gasteiger charge is -2.05. The van der Waals surface area contributed by atoms with E-state index in [9.17, 15) is 9.59 Å². The van der Waals surface area contributed by atoms with Gasteiger partial charge in [-0.25, -0.2) is 4.79 Å². The van der Waals surface area contributed by atoms with Crippen LogP contribution in [0.5, 0.6) is 0 Å². The first-order valence-electron chi connectivity index (χ1n) is 4.34. The number of aliphatic hydroxyl groups is 2. The molecule has 0 aromatic rings. The number of aliphatic hydroxyl groups excluding tert-OH is 2. The number of esters is 2. The molecule has 0 spiro atoms. The van der Waals surface area contributed by atoms with Crippen LogP contribution in [0.25, 0.3) is 0 Å². The van der Waals surface area contributed by atoms with Crippen molar-refractivity contribution in [1.82, 2.24) is 0 Å². The molecule has 0 aromatic heterocycles. The van der Waals surface area contributed by atoms with Crippen molar-refractivity contribution in [2.24, 2.45) is 0 Å². The molecule has 0 aliphatic rings. The fourth-order valence-electron chi connectivity index (χ4n) is 0.697. The minimum Gasteiger partial charge on any atom is -0.463 e. The summed E-state index contributed by atoms with van der Waals surface area (Å²) in [5.74, 6) is -1.40. The average molecular weight is 218 g/mol. The van der Waals surface area contributed by atoms with E-state index < -0.39 is 11.9 Å². The van der Waals surface area contributed by atoms with Gasteiger partial charge in [-0.2, -0.15) is 0 Å². The van der Waals surface area contributed by atoms with Gasteiger partial charge in [0.25, 0.3) is 0 Å². The van der Waals surface area contributed by atoms with Crippen LogP contribution < -0.4 is 0 Å². The fraction of sp³-hybridized carbons (Fsp3) is 0.556. The molecule has 0 aliphatic heterocycles. The Bertz CT molecular complexity index is 235. The Morgan fingerprint density at radius 3 is 2.13 bits per heavy atom. The van der Waals surface area contributed by atoms with Gasteiger partial charge in [0.15, 0.2) is 0 Å². The van der Waals surface area contributed by atoms with Crippen LogP contribution in [0.4, 0.5) is 0 Å². The van der Waals surface area contributed by atoms with Crippen molar-refractivity contribution in [2.75, 3.05) is 26.4 Å². The van der Waals surface area contributed by atoms with E-state index >= 15 is 0 Å². The summed E-state index contributed by atoms with van der Waals surface area (Å²) in [6.45, 7) is 2.53. The van der Waals surface area contributed by atoms with Gasteiger partial charge in [0.05, 0.1) is 19.6 Å². The van der Waals surface area contributed by atoms with Crippen molar-refractivity contribution in [3.8, 4) is 0 Å². The van der Waals surface area contributed by atoms with Crippen molar-refractivity contribution < 1.29 is 29.3 Å². The van der Waals surface area contributed by atoms with E-state index in [1.165, 1.54) is 0 Å². The SMILES string of the molecule is C=C(CC(=O)OCCO)C(=O)OCCO. The predicted molar refractivity (Wildman–Crippen MR) is 49.8 cm³/mol. The summed E-state index contributed by atoms with van der Waals surface area (Å²) in [5.41, 5.74) is -0.0496. The third-order valence-electron chi connectivity index (χ3n) is 1.33. The maximum Gasteiger partial charge on any atom is 0.334 e. The van der Waals surface area contributed by atoms with Gasteiger partial charge in [-0.15, -0.1) is 0 Å². The van der Waals surface area contributed by atoms with Crippen LogP contribution >= 0.6 is 0 Å². The Hall–Kier alpha value is -1.40. The van der Waals surface area contributed by atoms with Gasteiger partial charge in [-0.05, 0) is 0 Å². The zero-order valence-corrected chi connectivity index (χ0v) is 8.27. The van der Waals surface area contributed by atoms with Crippen molar-refractivity contribution in [3.05, 3.63) is 12.2 Å². The lowest BCUT2D eigenvalue weighted by Crippen LogP contribution is -2.15. The second-order valence-corrected chi connectivity index (χ2v) is 2.58. The molecule has 0 rings (SSSR count). The Morgan fingerprint density at radius 1 is 1.07 bits per heavy atom. The summed E-state index contributed by atoms with van der Waals surface area (Å²) in [6.07, 6.45) is -0.287. The third-order valence-corrected chi connectivity index (χ3v) is 1.33. The number of rotatable bonds is 7. The quantitative estimate of drug-likeness (QED) is 0.420. The molecule has 15 heavy (non-hydrogen) atoms. The van der Waals surface area contributed by atoms with E-state index in [-0.39, 0.29) is 38.4 Å². The standard InChI is InChI=1S/C9H14O6/c1-7(9(13)15-5-3-11)6-8(12)14-4-2-10/h10-11H,1-6H2. The topological polar surface area (TPSA) is 93.1 Å². The van der Waals surface area contributed by atoms with Gasteiger partial charge in [0, 0.05) is 5.57 Å². The van der Waals surface area contributed by atoms with Crippen LogP contribution in [-0.4, -0.2) is 48.6 Å². The minimum atomic E-state index is -0.745. The molecule has 0 unspecified atom stereocenters. The Balaban J connectivity index is 3.80. The lowest BCUT2D eigenvalue weighted by molar-refractivity contribution is -0.147. The molecule has 86 valence electrons. The maximum atomic E-state index is 11.0. The van der Waals surface area contributed by atoms with Gasteiger partial charge < -0.3 is 19.7 Å². The number of hydrogen-bond donors (Lipinski definition) is 2. The first-order chi connectivity index (χ1) is 7.11. The van der Waals surface area contributed by atoms with Crippen LogP contribution in [0.1, 0.15) is 6.42 Å². The van der Waals surface area contributed by atoms with E-state index in [1.807, 2.05) is 0 Å². The molecule has 0 saturated carbocycles. The maximum absolute atomic E-state index is 11.0. The summed E-state index contributed by atoms with van der Waals surface area (Å²) < 4.78 is 9.02. The average Bonchev–Trinajstić information content (AvgIpc) is 2.22. The van der Waals surface area contributed by atoms with Crippen molar-refractivity contribution in [2.45, 2.75) is 6.42 Å². The summed E-state index contributed by atoms with van der Waals surface area (Å²) in [7, 11) is 0. The monoisotopic (exact) mass is 218 g/mol. The highest BCUT2D eigenvalue weighted by Crippen LogP contribution is 2.02. The second kappa shape index (κ2) is 7.95. The number of carbonyl (C=O) groups is 2. The van der Waals surface area contributed by atoms with Gasteiger partial charge in [0.1, 0.15) is 13.2 Å². The van der Waals surface area contributed by atoms with Gasteiger partial charge >= 0.3 is 11.9 Å². The summed E-state index contributed by atoms with van der Waals surface area (Å²) in [6, 6.07) is 0. The molecule has 6 nitrogen and oxygen atoms in total. The van der Waals surface area contributed by atoms with Gasteiger partial charge in [0.2, 0.25) is 0 Å². The normalized spacial score (nSPS) is 9.47. The number of ether oxygens (including phenoxy) is 2. The fourth-order valence-corrected chi connectivity index (χ4v) is 0.697. The number of hydrogen-bond acceptors (Lipinski definition) is 6. The van der Waals surface area contributed by atoms with Crippen LogP contribution in [0.3, 0.4) is 0 Å². The molecule has 6 heteroatoms. The summed E-state index contributed by atoms with van der Waals surface area (Å²) >= 11 is 0. The molecule has 0 heterocycles.